The maximum absolute atomic E-state index is 12.5. The van der Waals surface area contributed by atoms with E-state index >= 15 is 0 Å². The number of benzene rings is 1. The smallest absolute Gasteiger partial charge is 0.419 e. The maximum Gasteiger partial charge on any atom is 0.419 e. The topological polar surface area (TPSA) is 64.7 Å². The summed E-state index contributed by atoms with van der Waals surface area (Å²) in [5.41, 5.74) is 1.41. The molecule has 2 heterocycles. The van der Waals surface area contributed by atoms with Crippen LogP contribution >= 0.6 is 0 Å². The molecule has 0 atom stereocenters. The van der Waals surface area contributed by atoms with Crippen LogP contribution in [0.2, 0.25) is 0 Å². The number of aryl methyl sites for hydroxylation is 1. The van der Waals surface area contributed by atoms with Crippen molar-refractivity contribution in [3.05, 3.63) is 46.3 Å². The molecule has 0 saturated carbocycles. The Morgan fingerprint density at radius 3 is 2.76 bits per heavy atom. The van der Waals surface area contributed by atoms with E-state index in [1.54, 1.807) is 18.7 Å². The highest BCUT2D eigenvalue weighted by molar-refractivity contribution is 5.95. The van der Waals surface area contributed by atoms with Gasteiger partial charge < -0.3 is 14.1 Å². The van der Waals surface area contributed by atoms with Gasteiger partial charge in [0.25, 0.3) is 0 Å². The molecule has 0 saturated heterocycles. The molecule has 0 unspecified atom stereocenters. The second kappa shape index (κ2) is 5.12. The Hall–Kier alpha value is -2.50. The summed E-state index contributed by atoms with van der Waals surface area (Å²) in [5.74, 6) is 0.566. The van der Waals surface area contributed by atoms with E-state index in [0.29, 0.717) is 30.4 Å². The summed E-state index contributed by atoms with van der Waals surface area (Å²) in [6.07, 6.45) is 0. The number of ether oxygens (including phenoxy) is 1. The minimum Gasteiger partial charge on any atom is -0.490 e. The number of hydrogen-bond acceptors (Lipinski definition) is 4. The summed E-state index contributed by atoms with van der Waals surface area (Å²) in [6.45, 7) is 4.36. The van der Waals surface area contributed by atoms with Crippen LogP contribution in [0.4, 0.5) is 5.69 Å². The molecular weight excluding hydrogens is 272 g/mol. The van der Waals surface area contributed by atoms with Crippen molar-refractivity contribution < 1.29 is 13.9 Å². The van der Waals surface area contributed by atoms with E-state index in [9.17, 15) is 9.59 Å². The third-order valence-corrected chi connectivity index (χ3v) is 3.70. The van der Waals surface area contributed by atoms with Gasteiger partial charge in [0.2, 0.25) is 5.91 Å². The van der Waals surface area contributed by atoms with Crippen molar-refractivity contribution in [3.63, 3.8) is 0 Å². The zero-order valence-electron chi connectivity index (χ0n) is 12.0. The molecule has 1 amide bonds. The normalized spacial score (nSPS) is 13.7. The number of anilines is 1. The van der Waals surface area contributed by atoms with Gasteiger partial charge in [0.15, 0.2) is 0 Å². The molecule has 0 radical (unpaired) electrons. The van der Waals surface area contributed by atoms with Crippen LogP contribution in [0.15, 0.2) is 33.5 Å². The predicted molar refractivity (Wildman–Crippen MR) is 76.7 cm³/mol. The lowest BCUT2D eigenvalue weighted by Gasteiger charge is -2.29. The lowest BCUT2D eigenvalue weighted by molar-refractivity contribution is -0.119. The maximum atomic E-state index is 12.5. The summed E-state index contributed by atoms with van der Waals surface area (Å²) in [4.78, 5) is 25.9. The number of hydrogen-bond donors (Lipinski definition) is 0. The van der Waals surface area contributed by atoms with Crippen molar-refractivity contribution in [1.29, 1.82) is 0 Å². The van der Waals surface area contributed by atoms with Gasteiger partial charge in [0, 0.05) is 0 Å². The van der Waals surface area contributed by atoms with Gasteiger partial charge in [-0.25, -0.2) is 4.79 Å². The Morgan fingerprint density at radius 1 is 1.29 bits per heavy atom. The van der Waals surface area contributed by atoms with Crippen LogP contribution in [-0.2, 0) is 11.3 Å². The van der Waals surface area contributed by atoms with Crippen molar-refractivity contribution in [2.75, 3.05) is 18.1 Å². The average Bonchev–Trinajstić information content (AvgIpc) is 2.73. The molecule has 6 heteroatoms. The first-order valence-corrected chi connectivity index (χ1v) is 6.77. The van der Waals surface area contributed by atoms with E-state index in [4.69, 9.17) is 9.15 Å². The van der Waals surface area contributed by atoms with Crippen molar-refractivity contribution in [2.24, 2.45) is 0 Å². The molecule has 3 rings (SSSR count). The largest absolute Gasteiger partial charge is 0.490 e. The number of fused-ring (bicyclic) bond motifs is 1. The van der Waals surface area contributed by atoms with Crippen LogP contribution < -0.4 is 15.4 Å². The number of carbonyl (C=O) groups is 1. The highest BCUT2D eigenvalue weighted by atomic mass is 16.5. The van der Waals surface area contributed by atoms with Crippen molar-refractivity contribution in [1.82, 2.24) is 4.57 Å². The van der Waals surface area contributed by atoms with Gasteiger partial charge in [0.1, 0.15) is 24.7 Å². The van der Waals surface area contributed by atoms with Crippen LogP contribution in [0.3, 0.4) is 0 Å². The second-order valence-electron chi connectivity index (χ2n) is 4.96. The molecule has 6 nitrogen and oxygen atoms in total. The van der Waals surface area contributed by atoms with Crippen LogP contribution in [-0.4, -0.2) is 23.6 Å². The summed E-state index contributed by atoms with van der Waals surface area (Å²) in [7, 11) is 0. The van der Waals surface area contributed by atoms with Gasteiger partial charge >= 0.3 is 5.76 Å². The molecule has 1 aliphatic rings. The molecule has 2 aromatic rings. The van der Waals surface area contributed by atoms with E-state index < -0.39 is 5.76 Å². The SMILES string of the molecule is Cc1oc(=O)n(CC(=O)N2CCOc3ccccc32)c1C. The van der Waals surface area contributed by atoms with Gasteiger partial charge in [-0.05, 0) is 26.0 Å². The standard InChI is InChI=1S/C15H16N2O4/c1-10-11(2)21-15(19)17(10)9-14(18)16-7-8-20-13-6-4-3-5-12(13)16/h3-6H,7-9H2,1-2H3. The first-order chi connectivity index (χ1) is 10.1. The monoisotopic (exact) mass is 288 g/mol. The fourth-order valence-electron chi connectivity index (χ4n) is 2.42. The molecule has 0 N–H and O–H groups in total. The first-order valence-electron chi connectivity index (χ1n) is 6.77. The number of oxazole rings is 1. The van der Waals surface area contributed by atoms with E-state index in [2.05, 4.69) is 0 Å². The fraction of sp³-hybridized carbons (Fsp3) is 0.333. The highest BCUT2D eigenvalue weighted by Crippen LogP contribution is 2.31. The van der Waals surface area contributed by atoms with Crippen molar-refractivity contribution in [3.8, 4) is 5.75 Å². The Balaban J connectivity index is 1.89. The minimum absolute atomic E-state index is 0.0314. The summed E-state index contributed by atoms with van der Waals surface area (Å²) in [6, 6.07) is 7.38. The van der Waals surface area contributed by atoms with Crippen LogP contribution in [0.5, 0.6) is 5.75 Å². The second-order valence-corrected chi connectivity index (χ2v) is 4.96. The zero-order chi connectivity index (χ0) is 15.0. The Kier molecular flexibility index (Phi) is 3.29. The summed E-state index contributed by atoms with van der Waals surface area (Å²) < 4.78 is 11.9. The molecule has 0 bridgehead atoms. The Bertz CT molecular complexity index is 744. The third kappa shape index (κ3) is 2.33. The van der Waals surface area contributed by atoms with E-state index in [1.807, 2.05) is 24.3 Å². The average molecular weight is 288 g/mol. The van der Waals surface area contributed by atoms with Crippen LogP contribution in [0, 0.1) is 13.8 Å². The molecule has 0 aliphatic carbocycles. The number of rotatable bonds is 2. The highest BCUT2D eigenvalue weighted by Gasteiger charge is 2.24. The van der Waals surface area contributed by atoms with Crippen LogP contribution in [0.25, 0.3) is 0 Å². The Morgan fingerprint density at radius 2 is 2.05 bits per heavy atom. The Labute approximate surface area is 121 Å². The number of amides is 1. The van der Waals surface area contributed by atoms with Crippen molar-refractivity contribution in [2.45, 2.75) is 20.4 Å². The molecule has 1 aliphatic heterocycles. The quantitative estimate of drug-likeness (QED) is 0.839. The van der Waals surface area contributed by atoms with Gasteiger partial charge in [-0.3, -0.25) is 9.36 Å². The van der Waals surface area contributed by atoms with Crippen LogP contribution in [0.1, 0.15) is 11.5 Å². The third-order valence-electron chi connectivity index (χ3n) is 3.70. The van der Waals surface area contributed by atoms with Gasteiger partial charge in [-0.15, -0.1) is 0 Å². The van der Waals surface area contributed by atoms with E-state index in [0.717, 1.165) is 5.69 Å². The molecular formula is C15H16N2O4. The molecule has 1 aromatic heterocycles. The lowest BCUT2D eigenvalue weighted by atomic mass is 10.2. The van der Waals surface area contributed by atoms with Crippen molar-refractivity contribution >= 4 is 11.6 Å². The number of aromatic nitrogens is 1. The number of para-hydroxylation sites is 2. The summed E-state index contributed by atoms with van der Waals surface area (Å²) in [5, 5.41) is 0. The molecule has 21 heavy (non-hydrogen) atoms. The predicted octanol–water partition coefficient (Wildman–Crippen LogP) is 1.48. The van der Waals surface area contributed by atoms with E-state index in [1.165, 1.54) is 4.57 Å². The molecule has 0 spiro atoms. The molecule has 110 valence electrons. The minimum atomic E-state index is -0.500. The number of nitrogens with zero attached hydrogens (tertiary/aromatic N) is 2. The molecule has 0 fully saturated rings. The lowest BCUT2D eigenvalue weighted by Crippen LogP contribution is -2.41. The first kappa shape index (κ1) is 13.5. The van der Waals surface area contributed by atoms with Gasteiger partial charge in [-0.2, -0.15) is 0 Å². The number of carbonyl (C=O) groups excluding carboxylic acids is 1. The fourth-order valence-corrected chi connectivity index (χ4v) is 2.42. The zero-order valence-corrected chi connectivity index (χ0v) is 12.0. The van der Waals surface area contributed by atoms with E-state index in [-0.39, 0.29) is 12.5 Å². The summed E-state index contributed by atoms with van der Waals surface area (Å²) >= 11 is 0. The van der Waals surface area contributed by atoms with Gasteiger partial charge in [0.05, 0.1) is 17.9 Å². The molecule has 1 aromatic carbocycles. The van der Waals surface area contributed by atoms with Gasteiger partial charge in [-0.1, -0.05) is 12.1 Å².